The van der Waals surface area contributed by atoms with Gasteiger partial charge in [0.2, 0.25) is 0 Å². The molecule has 24 heavy (non-hydrogen) atoms. The second-order valence-corrected chi connectivity index (χ2v) is 10.9. The highest BCUT2D eigenvalue weighted by atomic mass is 31.2. The molecular formula is C16H23N2O5P. The third kappa shape index (κ3) is 4.08. The van der Waals surface area contributed by atoms with Gasteiger partial charge in [-0.1, -0.05) is 5.92 Å². The molecule has 0 aliphatic carbocycles. The Morgan fingerprint density at radius 3 is 2.62 bits per heavy atom. The van der Waals surface area contributed by atoms with Crippen molar-refractivity contribution in [3.8, 4) is 11.8 Å². The van der Waals surface area contributed by atoms with Crippen molar-refractivity contribution >= 4 is 13.2 Å². The van der Waals surface area contributed by atoms with Crippen LogP contribution in [0.25, 0.3) is 0 Å². The Bertz CT molecular complexity index is 825. The molecule has 0 saturated carbocycles. The molecular weight excluding hydrogens is 331 g/mol. The number of aromatic amines is 1. The maximum atomic E-state index is 12.0. The second kappa shape index (κ2) is 7.12. The van der Waals surface area contributed by atoms with E-state index in [4.69, 9.17) is 4.74 Å². The minimum atomic E-state index is -1.30. The van der Waals surface area contributed by atoms with Crippen LogP contribution in [-0.2, 0) is 4.74 Å². The summed E-state index contributed by atoms with van der Waals surface area (Å²) in [5.74, 6) is 5.18. The normalized spacial score (nSPS) is 26.9. The fourth-order valence-electron chi connectivity index (χ4n) is 2.57. The summed E-state index contributed by atoms with van der Waals surface area (Å²) in [6.07, 6.45) is 2.65. The van der Waals surface area contributed by atoms with Gasteiger partial charge in [0.05, 0.1) is 6.10 Å². The van der Waals surface area contributed by atoms with Gasteiger partial charge in [-0.15, -0.1) is 19.1 Å². The Morgan fingerprint density at radius 1 is 1.38 bits per heavy atom. The zero-order valence-electron chi connectivity index (χ0n) is 14.0. The Labute approximate surface area is 140 Å². The summed E-state index contributed by atoms with van der Waals surface area (Å²) in [5, 5.41) is 20.5. The van der Waals surface area contributed by atoms with Crippen LogP contribution in [0.4, 0.5) is 0 Å². The number of aliphatic hydroxyl groups excluding tert-OH is 2. The lowest BCUT2D eigenvalue weighted by Gasteiger charge is -2.18. The summed E-state index contributed by atoms with van der Waals surface area (Å²) in [6, 6.07) is 0. The molecule has 7 nitrogen and oxygen atoms in total. The third-order valence-electron chi connectivity index (χ3n) is 3.86. The smallest absolute Gasteiger partial charge is 0.330 e. The quantitative estimate of drug-likeness (QED) is 0.505. The van der Waals surface area contributed by atoms with Gasteiger partial charge in [-0.25, -0.2) is 4.79 Å². The molecule has 1 aromatic heterocycles. The van der Waals surface area contributed by atoms with Crippen molar-refractivity contribution in [2.45, 2.75) is 37.9 Å². The Morgan fingerprint density at radius 2 is 2.04 bits per heavy atom. The molecule has 1 saturated heterocycles. The van der Waals surface area contributed by atoms with Crippen LogP contribution < -0.4 is 11.2 Å². The molecule has 0 spiro atoms. The van der Waals surface area contributed by atoms with Gasteiger partial charge in [-0.05, 0) is 32.8 Å². The highest BCUT2D eigenvalue weighted by Gasteiger charge is 2.43. The first-order chi connectivity index (χ1) is 11.1. The highest BCUT2D eigenvalue weighted by molar-refractivity contribution is 7.72. The van der Waals surface area contributed by atoms with Gasteiger partial charge < -0.3 is 14.9 Å². The standard InChI is InChI=1S/C16H23N2O5P/c1-5-6-10-9-18(16(22)17-14(10)21)15-13(20)12(19)11(23-15)7-8-24(2,3)4/h9,11-13,15,19-20H,2,7-8H2,1,3-4H3,(H,17,21,22)/t11-,12-,13-,15?/m1/s1. The minimum Gasteiger partial charge on any atom is -0.388 e. The van der Waals surface area contributed by atoms with E-state index in [0.29, 0.717) is 6.42 Å². The van der Waals surface area contributed by atoms with Gasteiger partial charge in [0.25, 0.3) is 5.56 Å². The fourth-order valence-corrected chi connectivity index (χ4v) is 3.53. The summed E-state index contributed by atoms with van der Waals surface area (Å²) in [6.45, 7) is 4.42. The van der Waals surface area contributed by atoms with Crippen LogP contribution in [-0.4, -0.2) is 63.9 Å². The number of aliphatic hydroxyl groups is 2. The third-order valence-corrected chi connectivity index (χ3v) is 5.33. The number of hydrogen-bond donors (Lipinski definition) is 3. The zero-order chi connectivity index (χ0) is 18.1. The van der Waals surface area contributed by atoms with Crippen LogP contribution in [0.2, 0.25) is 0 Å². The van der Waals surface area contributed by atoms with E-state index in [1.807, 2.05) is 0 Å². The molecule has 1 fully saturated rings. The average Bonchev–Trinajstić information content (AvgIpc) is 2.75. The van der Waals surface area contributed by atoms with Crippen LogP contribution in [0.3, 0.4) is 0 Å². The predicted molar refractivity (Wildman–Crippen MR) is 95.2 cm³/mol. The lowest BCUT2D eigenvalue weighted by molar-refractivity contribution is -0.0403. The SMILES string of the molecule is C=P(C)(C)CC[C@H]1OC(n2cc(C#CC)c(=O)[nH]c2=O)[C@H](O)[C@@H]1O. The maximum Gasteiger partial charge on any atom is 0.330 e. The molecule has 4 atom stereocenters. The molecule has 2 heterocycles. The van der Waals surface area contributed by atoms with Crippen molar-refractivity contribution < 1.29 is 14.9 Å². The maximum absolute atomic E-state index is 12.0. The molecule has 0 aromatic carbocycles. The number of rotatable bonds is 4. The zero-order valence-corrected chi connectivity index (χ0v) is 14.9. The molecule has 0 amide bonds. The van der Waals surface area contributed by atoms with Crippen LogP contribution in [0, 0.1) is 11.8 Å². The largest absolute Gasteiger partial charge is 0.388 e. The Hall–Kier alpha value is -1.58. The first kappa shape index (κ1) is 18.8. The van der Waals surface area contributed by atoms with Crippen LogP contribution in [0.15, 0.2) is 15.8 Å². The molecule has 1 aromatic rings. The number of nitrogens with one attached hydrogen (secondary N) is 1. The molecule has 0 bridgehead atoms. The first-order valence-electron chi connectivity index (χ1n) is 7.61. The number of aromatic nitrogens is 2. The molecule has 2 rings (SSSR count). The van der Waals surface area contributed by atoms with E-state index in [1.54, 1.807) is 6.92 Å². The van der Waals surface area contributed by atoms with Crippen molar-refractivity contribution in [1.29, 1.82) is 0 Å². The molecule has 132 valence electrons. The predicted octanol–water partition coefficient (Wildman–Crippen LogP) is -0.373. The van der Waals surface area contributed by atoms with Gasteiger partial charge in [0.1, 0.15) is 17.8 Å². The summed E-state index contributed by atoms with van der Waals surface area (Å²) in [4.78, 5) is 25.9. The molecule has 1 unspecified atom stereocenters. The monoisotopic (exact) mass is 354 g/mol. The number of ether oxygens (including phenoxy) is 1. The van der Waals surface area contributed by atoms with Crippen molar-refractivity contribution in [3.05, 3.63) is 32.6 Å². The number of nitrogens with zero attached hydrogens (tertiary/aromatic N) is 1. The van der Waals surface area contributed by atoms with Crippen molar-refractivity contribution in [1.82, 2.24) is 9.55 Å². The lowest BCUT2D eigenvalue weighted by atomic mass is 10.1. The summed E-state index contributed by atoms with van der Waals surface area (Å²) in [5.41, 5.74) is -1.22. The molecule has 1 aliphatic heterocycles. The summed E-state index contributed by atoms with van der Waals surface area (Å²) < 4.78 is 6.77. The van der Waals surface area contributed by atoms with E-state index in [2.05, 4.69) is 36.5 Å². The van der Waals surface area contributed by atoms with Crippen molar-refractivity contribution in [3.63, 3.8) is 0 Å². The fraction of sp³-hybridized carbons (Fsp3) is 0.562. The molecule has 3 N–H and O–H groups in total. The lowest BCUT2D eigenvalue weighted by Crippen LogP contribution is -2.38. The number of H-pyrrole nitrogens is 1. The van der Waals surface area contributed by atoms with Crippen LogP contribution in [0.1, 0.15) is 25.1 Å². The van der Waals surface area contributed by atoms with E-state index in [0.717, 1.165) is 10.7 Å². The number of hydrogen-bond acceptors (Lipinski definition) is 5. The highest BCUT2D eigenvalue weighted by Crippen LogP contribution is 2.39. The molecule has 0 radical (unpaired) electrons. The Kier molecular flexibility index (Phi) is 5.56. The van der Waals surface area contributed by atoms with E-state index in [-0.39, 0.29) is 5.56 Å². The minimum absolute atomic E-state index is 0.0932. The average molecular weight is 354 g/mol. The van der Waals surface area contributed by atoms with E-state index in [1.165, 1.54) is 6.20 Å². The van der Waals surface area contributed by atoms with E-state index < -0.39 is 42.7 Å². The summed E-state index contributed by atoms with van der Waals surface area (Å²) >= 11 is 0. The van der Waals surface area contributed by atoms with Gasteiger partial charge in [-0.3, -0.25) is 14.3 Å². The van der Waals surface area contributed by atoms with Gasteiger partial charge in [-0.2, -0.15) is 0 Å². The van der Waals surface area contributed by atoms with Gasteiger partial charge in [0, 0.05) is 6.20 Å². The second-order valence-electron chi connectivity index (χ2n) is 6.58. The molecule has 8 heteroatoms. The van der Waals surface area contributed by atoms with Gasteiger partial charge in [0.15, 0.2) is 6.23 Å². The first-order valence-corrected chi connectivity index (χ1v) is 10.7. The van der Waals surface area contributed by atoms with Crippen LogP contribution >= 0.6 is 6.89 Å². The van der Waals surface area contributed by atoms with Crippen molar-refractivity contribution in [2.75, 3.05) is 19.5 Å². The van der Waals surface area contributed by atoms with Crippen molar-refractivity contribution in [2.24, 2.45) is 0 Å². The van der Waals surface area contributed by atoms with E-state index >= 15 is 0 Å². The van der Waals surface area contributed by atoms with Crippen LogP contribution in [0.5, 0.6) is 0 Å². The van der Waals surface area contributed by atoms with E-state index in [9.17, 15) is 19.8 Å². The summed E-state index contributed by atoms with van der Waals surface area (Å²) in [7, 11) is 0. The molecule has 1 aliphatic rings. The van der Waals surface area contributed by atoms with Gasteiger partial charge >= 0.3 is 5.69 Å². The Balaban J connectivity index is 2.31. The topological polar surface area (TPSA) is 105 Å².